The molecule has 0 saturated carbocycles. The SMILES string of the molecule is CNc1cc(Oc2cc(C)ccc2C)nc(C(F)(F)F)n1. The molecule has 21 heavy (non-hydrogen) atoms. The zero-order valence-electron chi connectivity index (χ0n) is 11.7. The Morgan fingerprint density at radius 1 is 1.10 bits per heavy atom. The molecule has 0 radical (unpaired) electrons. The lowest BCUT2D eigenvalue weighted by molar-refractivity contribution is -0.145. The Labute approximate surface area is 120 Å². The Hall–Kier alpha value is -2.31. The van der Waals surface area contributed by atoms with Gasteiger partial charge in [0.25, 0.3) is 0 Å². The summed E-state index contributed by atoms with van der Waals surface area (Å²) in [5.41, 5.74) is 1.74. The van der Waals surface area contributed by atoms with E-state index in [4.69, 9.17) is 4.74 Å². The molecule has 112 valence electrons. The van der Waals surface area contributed by atoms with Crippen molar-refractivity contribution in [2.24, 2.45) is 0 Å². The average Bonchev–Trinajstić information content (AvgIpc) is 2.41. The smallest absolute Gasteiger partial charge is 0.439 e. The van der Waals surface area contributed by atoms with Crippen molar-refractivity contribution in [1.82, 2.24) is 9.97 Å². The minimum Gasteiger partial charge on any atom is -0.439 e. The van der Waals surface area contributed by atoms with E-state index >= 15 is 0 Å². The summed E-state index contributed by atoms with van der Waals surface area (Å²) < 4.78 is 43.8. The van der Waals surface area contributed by atoms with E-state index < -0.39 is 12.0 Å². The molecule has 0 saturated heterocycles. The van der Waals surface area contributed by atoms with E-state index in [-0.39, 0.29) is 11.7 Å². The van der Waals surface area contributed by atoms with Crippen LogP contribution in [0.4, 0.5) is 19.0 Å². The third-order valence-corrected chi connectivity index (χ3v) is 2.77. The van der Waals surface area contributed by atoms with Crippen LogP contribution in [0.3, 0.4) is 0 Å². The normalized spacial score (nSPS) is 11.3. The predicted octanol–water partition coefficient (Wildman–Crippen LogP) is 3.95. The van der Waals surface area contributed by atoms with E-state index in [1.165, 1.54) is 13.1 Å². The van der Waals surface area contributed by atoms with Gasteiger partial charge in [0.15, 0.2) is 0 Å². The zero-order chi connectivity index (χ0) is 15.6. The highest BCUT2D eigenvalue weighted by Gasteiger charge is 2.35. The number of alkyl halides is 3. The molecule has 2 aromatic rings. The Morgan fingerprint density at radius 3 is 2.43 bits per heavy atom. The minimum atomic E-state index is -4.63. The molecule has 2 rings (SSSR count). The van der Waals surface area contributed by atoms with Crippen LogP contribution < -0.4 is 10.1 Å². The molecule has 7 heteroatoms. The molecule has 0 fully saturated rings. The number of ether oxygens (including phenoxy) is 1. The lowest BCUT2D eigenvalue weighted by Crippen LogP contribution is -2.13. The van der Waals surface area contributed by atoms with Gasteiger partial charge in [-0.15, -0.1) is 0 Å². The molecule has 1 heterocycles. The van der Waals surface area contributed by atoms with Gasteiger partial charge >= 0.3 is 6.18 Å². The molecule has 0 aliphatic rings. The minimum absolute atomic E-state index is 0.0395. The Morgan fingerprint density at radius 2 is 1.81 bits per heavy atom. The zero-order valence-corrected chi connectivity index (χ0v) is 11.7. The van der Waals surface area contributed by atoms with Crippen LogP contribution in [-0.4, -0.2) is 17.0 Å². The van der Waals surface area contributed by atoms with E-state index in [0.29, 0.717) is 5.75 Å². The number of hydrogen-bond acceptors (Lipinski definition) is 4. The van der Waals surface area contributed by atoms with Crippen molar-refractivity contribution in [1.29, 1.82) is 0 Å². The maximum absolute atomic E-state index is 12.8. The molecule has 0 bridgehead atoms. The van der Waals surface area contributed by atoms with Crippen LogP contribution in [0.15, 0.2) is 24.3 Å². The van der Waals surface area contributed by atoms with Crippen LogP contribution in [0.25, 0.3) is 0 Å². The summed E-state index contributed by atoms with van der Waals surface area (Å²) in [5, 5.41) is 2.56. The van der Waals surface area contributed by atoms with Crippen LogP contribution >= 0.6 is 0 Å². The topological polar surface area (TPSA) is 47.0 Å². The summed E-state index contributed by atoms with van der Waals surface area (Å²) in [6, 6.07) is 6.78. The van der Waals surface area contributed by atoms with E-state index in [0.717, 1.165) is 11.1 Å². The Balaban J connectivity index is 2.42. The molecule has 4 nitrogen and oxygen atoms in total. The van der Waals surface area contributed by atoms with Gasteiger partial charge in [-0.3, -0.25) is 0 Å². The highest BCUT2D eigenvalue weighted by Crippen LogP contribution is 2.31. The van der Waals surface area contributed by atoms with Gasteiger partial charge in [0.05, 0.1) is 0 Å². The number of anilines is 1. The number of aromatic nitrogens is 2. The second-order valence-corrected chi connectivity index (χ2v) is 4.53. The van der Waals surface area contributed by atoms with Crippen molar-refractivity contribution in [3.05, 3.63) is 41.2 Å². The van der Waals surface area contributed by atoms with Crippen LogP contribution in [-0.2, 0) is 6.18 Å². The van der Waals surface area contributed by atoms with Gasteiger partial charge in [0, 0.05) is 13.1 Å². The van der Waals surface area contributed by atoms with E-state index in [2.05, 4.69) is 15.3 Å². The number of nitrogens with one attached hydrogen (secondary N) is 1. The van der Waals surface area contributed by atoms with Crippen LogP contribution in [0, 0.1) is 13.8 Å². The number of halogens is 3. The first-order valence-electron chi connectivity index (χ1n) is 6.19. The average molecular weight is 297 g/mol. The first-order chi connectivity index (χ1) is 9.79. The third kappa shape index (κ3) is 3.62. The van der Waals surface area contributed by atoms with E-state index in [9.17, 15) is 13.2 Å². The van der Waals surface area contributed by atoms with Crippen molar-refractivity contribution in [3.8, 4) is 11.6 Å². The maximum atomic E-state index is 12.8. The molecule has 1 aromatic carbocycles. The molecule has 0 unspecified atom stereocenters. The fourth-order valence-corrected chi connectivity index (χ4v) is 1.66. The van der Waals surface area contributed by atoms with Gasteiger partial charge in [0.2, 0.25) is 11.7 Å². The first kappa shape index (κ1) is 15.1. The van der Waals surface area contributed by atoms with Crippen molar-refractivity contribution < 1.29 is 17.9 Å². The van der Waals surface area contributed by atoms with Gasteiger partial charge in [-0.05, 0) is 31.0 Å². The summed E-state index contributed by atoms with van der Waals surface area (Å²) in [7, 11) is 1.48. The molecule has 1 N–H and O–H groups in total. The quantitative estimate of drug-likeness (QED) is 0.932. The summed E-state index contributed by atoms with van der Waals surface area (Å²) in [5.74, 6) is -0.897. The van der Waals surface area contributed by atoms with E-state index in [1.54, 1.807) is 13.0 Å². The highest BCUT2D eigenvalue weighted by molar-refractivity contribution is 5.42. The first-order valence-corrected chi connectivity index (χ1v) is 6.19. The summed E-state index contributed by atoms with van der Waals surface area (Å²) >= 11 is 0. The highest BCUT2D eigenvalue weighted by atomic mass is 19.4. The number of aryl methyl sites for hydroxylation is 2. The van der Waals surface area contributed by atoms with Crippen LogP contribution in [0.2, 0.25) is 0 Å². The second-order valence-electron chi connectivity index (χ2n) is 4.53. The van der Waals surface area contributed by atoms with Crippen molar-refractivity contribution in [3.63, 3.8) is 0 Å². The molecular weight excluding hydrogens is 283 g/mol. The van der Waals surface area contributed by atoms with Crippen molar-refractivity contribution >= 4 is 5.82 Å². The summed E-state index contributed by atoms with van der Waals surface area (Å²) in [4.78, 5) is 6.80. The second kappa shape index (κ2) is 5.59. The number of nitrogens with zero attached hydrogens (tertiary/aromatic N) is 2. The molecule has 1 aromatic heterocycles. The van der Waals surface area contributed by atoms with Gasteiger partial charge in [-0.25, -0.2) is 4.98 Å². The van der Waals surface area contributed by atoms with Gasteiger partial charge in [-0.2, -0.15) is 18.2 Å². The van der Waals surface area contributed by atoms with Gasteiger partial charge < -0.3 is 10.1 Å². The Bertz CT molecular complexity index is 656. The van der Waals surface area contributed by atoms with Crippen molar-refractivity contribution in [2.45, 2.75) is 20.0 Å². The monoisotopic (exact) mass is 297 g/mol. The molecule has 0 atom stereocenters. The largest absolute Gasteiger partial charge is 0.451 e. The van der Waals surface area contributed by atoms with E-state index in [1.807, 2.05) is 19.1 Å². The molecule has 0 aliphatic heterocycles. The third-order valence-electron chi connectivity index (χ3n) is 2.77. The van der Waals surface area contributed by atoms with Crippen LogP contribution in [0.5, 0.6) is 11.6 Å². The maximum Gasteiger partial charge on any atom is 0.451 e. The predicted molar refractivity (Wildman–Crippen MR) is 72.6 cm³/mol. The lowest BCUT2D eigenvalue weighted by atomic mass is 10.1. The number of hydrogen-bond donors (Lipinski definition) is 1. The summed E-state index contributed by atoms with van der Waals surface area (Å²) in [6.07, 6.45) is -4.63. The molecule has 0 aliphatic carbocycles. The van der Waals surface area contributed by atoms with Gasteiger partial charge in [-0.1, -0.05) is 12.1 Å². The van der Waals surface area contributed by atoms with Gasteiger partial charge in [0.1, 0.15) is 11.6 Å². The Kier molecular flexibility index (Phi) is 4.02. The van der Waals surface area contributed by atoms with Crippen LogP contribution in [0.1, 0.15) is 17.0 Å². The molecule has 0 spiro atoms. The lowest BCUT2D eigenvalue weighted by Gasteiger charge is -2.12. The standard InChI is InChI=1S/C14H14F3N3O/c1-8-4-5-9(2)10(6-8)21-12-7-11(18-3)19-13(20-12)14(15,16)17/h4-7H,1-3H3,(H,18,19,20). The molecular formula is C14H14F3N3O. The number of rotatable bonds is 3. The number of benzene rings is 1. The fourth-order valence-electron chi connectivity index (χ4n) is 1.66. The van der Waals surface area contributed by atoms with Crippen molar-refractivity contribution in [2.75, 3.05) is 12.4 Å². The molecule has 0 amide bonds. The fraction of sp³-hybridized carbons (Fsp3) is 0.286. The summed E-state index contributed by atoms with van der Waals surface area (Å²) in [6.45, 7) is 3.67.